The Morgan fingerprint density at radius 2 is 2.24 bits per heavy atom. The molecule has 0 aliphatic carbocycles. The second-order valence-corrected chi connectivity index (χ2v) is 4.72. The summed E-state index contributed by atoms with van der Waals surface area (Å²) < 4.78 is 0. The fraction of sp³-hybridized carbons (Fsp3) is 0.417. The molecule has 1 aromatic rings. The van der Waals surface area contributed by atoms with Crippen molar-refractivity contribution < 1.29 is 9.90 Å². The lowest BCUT2D eigenvalue weighted by Crippen LogP contribution is -2.48. The highest BCUT2D eigenvalue weighted by atomic mass is 35.5. The third-order valence-electron chi connectivity index (χ3n) is 2.49. The molecule has 0 spiro atoms. The van der Waals surface area contributed by atoms with Gasteiger partial charge in [-0.3, -0.25) is 4.79 Å². The van der Waals surface area contributed by atoms with Crippen molar-refractivity contribution in [3.63, 3.8) is 0 Å². The van der Waals surface area contributed by atoms with Gasteiger partial charge in [-0.1, -0.05) is 24.9 Å². The highest BCUT2D eigenvalue weighted by Gasteiger charge is 2.27. The topological polar surface area (TPSA) is 75.4 Å². The lowest BCUT2D eigenvalue weighted by atomic mass is 9.96. The zero-order valence-electron chi connectivity index (χ0n) is 9.96. The van der Waals surface area contributed by atoms with Gasteiger partial charge in [-0.2, -0.15) is 0 Å². The van der Waals surface area contributed by atoms with E-state index < -0.39 is 5.54 Å². The van der Waals surface area contributed by atoms with Crippen LogP contribution in [0.5, 0.6) is 5.75 Å². The van der Waals surface area contributed by atoms with Gasteiger partial charge in [-0.05, 0) is 31.5 Å². The summed E-state index contributed by atoms with van der Waals surface area (Å²) in [6, 6.07) is 4.45. The molecule has 4 nitrogen and oxygen atoms in total. The first kappa shape index (κ1) is 13.8. The van der Waals surface area contributed by atoms with Crippen LogP contribution in [0.1, 0.15) is 26.7 Å². The molecule has 5 heteroatoms. The number of carbonyl (C=O) groups excluding carboxylic acids is 1. The number of benzene rings is 1. The normalized spacial score (nSPS) is 14.1. The summed E-state index contributed by atoms with van der Waals surface area (Å²) in [4.78, 5) is 11.9. The van der Waals surface area contributed by atoms with Gasteiger partial charge >= 0.3 is 0 Å². The van der Waals surface area contributed by atoms with Crippen molar-refractivity contribution in [3.05, 3.63) is 23.2 Å². The maximum atomic E-state index is 11.9. The van der Waals surface area contributed by atoms with Crippen molar-refractivity contribution in [3.8, 4) is 5.75 Å². The van der Waals surface area contributed by atoms with Crippen LogP contribution in [0.15, 0.2) is 18.2 Å². The molecule has 0 aliphatic rings. The van der Waals surface area contributed by atoms with E-state index in [-0.39, 0.29) is 17.3 Å². The van der Waals surface area contributed by atoms with Gasteiger partial charge in [-0.15, -0.1) is 0 Å². The Kier molecular flexibility index (Phi) is 4.37. The molecule has 0 fully saturated rings. The molecular weight excluding hydrogens is 240 g/mol. The molecule has 1 rings (SSSR count). The molecule has 0 radical (unpaired) electrons. The summed E-state index contributed by atoms with van der Waals surface area (Å²) in [5, 5.41) is 12.6. The van der Waals surface area contributed by atoms with E-state index in [0.29, 0.717) is 11.4 Å². The number of hydrogen-bond acceptors (Lipinski definition) is 3. The second kappa shape index (κ2) is 5.38. The third kappa shape index (κ3) is 3.61. The van der Waals surface area contributed by atoms with E-state index in [9.17, 15) is 9.90 Å². The molecule has 0 aromatic heterocycles. The average Bonchev–Trinajstić information content (AvgIpc) is 2.23. The van der Waals surface area contributed by atoms with Gasteiger partial charge in [0, 0.05) is 5.02 Å². The fourth-order valence-electron chi connectivity index (χ4n) is 1.51. The van der Waals surface area contributed by atoms with Crippen molar-refractivity contribution >= 4 is 23.2 Å². The van der Waals surface area contributed by atoms with Crippen molar-refractivity contribution in [1.82, 2.24) is 0 Å². The van der Waals surface area contributed by atoms with Gasteiger partial charge < -0.3 is 16.2 Å². The van der Waals surface area contributed by atoms with Crippen molar-refractivity contribution in [2.75, 3.05) is 5.32 Å². The van der Waals surface area contributed by atoms with E-state index in [2.05, 4.69) is 5.32 Å². The minimum Gasteiger partial charge on any atom is -0.506 e. The predicted octanol–water partition coefficient (Wildman–Crippen LogP) is 2.50. The van der Waals surface area contributed by atoms with Gasteiger partial charge in [-0.25, -0.2) is 0 Å². The van der Waals surface area contributed by atoms with E-state index >= 15 is 0 Å². The minimum atomic E-state index is -0.955. The molecule has 4 N–H and O–H groups in total. The van der Waals surface area contributed by atoms with Crippen LogP contribution >= 0.6 is 11.6 Å². The van der Waals surface area contributed by atoms with Gasteiger partial charge in [0.2, 0.25) is 5.91 Å². The highest BCUT2D eigenvalue weighted by Crippen LogP contribution is 2.27. The van der Waals surface area contributed by atoms with Crippen LogP contribution in [0.2, 0.25) is 5.02 Å². The molecule has 0 aliphatic heterocycles. The van der Waals surface area contributed by atoms with Crippen LogP contribution in [0.3, 0.4) is 0 Å². The summed E-state index contributed by atoms with van der Waals surface area (Å²) in [6.45, 7) is 3.61. The molecule has 1 unspecified atom stereocenters. The van der Waals surface area contributed by atoms with Crippen molar-refractivity contribution in [2.24, 2.45) is 5.73 Å². The van der Waals surface area contributed by atoms with Gasteiger partial charge in [0.25, 0.3) is 0 Å². The molecule has 1 atom stereocenters. The zero-order valence-corrected chi connectivity index (χ0v) is 10.7. The maximum Gasteiger partial charge on any atom is 0.244 e. The summed E-state index contributed by atoms with van der Waals surface area (Å²) in [5.74, 6) is -0.369. The smallest absolute Gasteiger partial charge is 0.244 e. The van der Waals surface area contributed by atoms with Crippen molar-refractivity contribution in [2.45, 2.75) is 32.2 Å². The van der Waals surface area contributed by atoms with Crippen LogP contribution in [0, 0.1) is 0 Å². The van der Waals surface area contributed by atoms with E-state index in [1.165, 1.54) is 12.1 Å². The summed E-state index contributed by atoms with van der Waals surface area (Å²) in [6.07, 6.45) is 1.38. The molecule has 94 valence electrons. The minimum absolute atomic E-state index is 0.0324. The number of phenolic OH excluding ortho intramolecular Hbond substituents is 1. The number of phenols is 1. The van der Waals surface area contributed by atoms with Crippen LogP contribution in [-0.4, -0.2) is 16.6 Å². The van der Waals surface area contributed by atoms with E-state index in [1.807, 2.05) is 6.92 Å². The standard InChI is InChI=1S/C12H17ClN2O2/c1-3-6-12(2,14)11(17)15-9-7-8(13)4-5-10(9)16/h4-5,7,16H,3,6,14H2,1-2H3,(H,15,17). The van der Waals surface area contributed by atoms with Crippen LogP contribution < -0.4 is 11.1 Å². The summed E-state index contributed by atoms with van der Waals surface area (Å²) in [7, 11) is 0. The first-order valence-electron chi connectivity index (χ1n) is 5.45. The van der Waals surface area contributed by atoms with E-state index in [1.54, 1.807) is 13.0 Å². The molecule has 1 aromatic carbocycles. The number of carbonyl (C=O) groups is 1. The molecular formula is C12H17ClN2O2. The summed E-state index contributed by atoms with van der Waals surface area (Å²) in [5.41, 5.74) is 5.20. The predicted molar refractivity (Wildman–Crippen MR) is 69.2 cm³/mol. The third-order valence-corrected chi connectivity index (χ3v) is 2.73. The lowest BCUT2D eigenvalue weighted by Gasteiger charge is -2.23. The monoisotopic (exact) mass is 256 g/mol. The number of rotatable bonds is 4. The molecule has 17 heavy (non-hydrogen) atoms. The Balaban J connectivity index is 2.84. The Bertz CT molecular complexity index is 419. The highest BCUT2D eigenvalue weighted by molar-refractivity contribution is 6.31. The number of nitrogens with two attached hydrogens (primary N) is 1. The largest absolute Gasteiger partial charge is 0.506 e. The molecule has 0 heterocycles. The Morgan fingerprint density at radius 3 is 2.82 bits per heavy atom. The molecule has 0 bridgehead atoms. The maximum absolute atomic E-state index is 11.9. The quantitative estimate of drug-likeness (QED) is 0.725. The van der Waals surface area contributed by atoms with E-state index in [0.717, 1.165) is 6.42 Å². The second-order valence-electron chi connectivity index (χ2n) is 4.28. The first-order chi connectivity index (χ1) is 7.86. The van der Waals surface area contributed by atoms with Gasteiger partial charge in [0.1, 0.15) is 5.75 Å². The van der Waals surface area contributed by atoms with E-state index in [4.69, 9.17) is 17.3 Å². The number of anilines is 1. The van der Waals surface area contributed by atoms with Crippen LogP contribution in [0.4, 0.5) is 5.69 Å². The van der Waals surface area contributed by atoms with Crippen molar-refractivity contribution in [1.29, 1.82) is 0 Å². The SMILES string of the molecule is CCCC(C)(N)C(=O)Nc1cc(Cl)ccc1O. The number of aromatic hydroxyl groups is 1. The van der Waals surface area contributed by atoms with Crippen LogP contribution in [0.25, 0.3) is 0 Å². The Labute approximate surface area is 106 Å². The lowest BCUT2D eigenvalue weighted by molar-refractivity contribution is -0.120. The zero-order chi connectivity index (χ0) is 13.1. The van der Waals surface area contributed by atoms with Crippen LogP contribution in [-0.2, 0) is 4.79 Å². The number of hydrogen-bond donors (Lipinski definition) is 3. The van der Waals surface area contributed by atoms with Gasteiger partial charge in [0.15, 0.2) is 0 Å². The summed E-state index contributed by atoms with van der Waals surface area (Å²) >= 11 is 5.78. The number of halogens is 1. The fourth-order valence-corrected chi connectivity index (χ4v) is 1.68. The number of amides is 1. The molecule has 1 amide bonds. The Hall–Kier alpha value is -1.26. The Morgan fingerprint density at radius 1 is 1.59 bits per heavy atom. The average molecular weight is 257 g/mol. The molecule has 0 saturated carbocycles. The first-order valence-corrected chi connectivity index (χ1v) is 5.83. The molecule has 0 saturated heterocycles. The van der Waals surface area contributed by atoms with Gasteiger partial charge in [0.05, 0.1) is 11.2 Å². The number of nitrogens with one attached hydrogen (secondary N) is 1.